The fraction of sp³-hybridized carbons (Fsp3) is 0.510. The van der Waals surface area contributed by atoms with Crippen molar-refractivity contribution >= 4 is 59.0 Å². The Bertz CT molecular complexity index is 2480. The molecule has 0 radical (unpaired) electrons. The minimum Gasteiger partial charge on any atom is -0.508 e. The average Bonchev–Trinajstić information content (AvgIpc) is 4.09. The van der Waals surface area contributed by atoms with Crippen molar-refractivity contribution in [3.05, 3.63) is 88.3 Å². The Morgan fingerprint density at radius 2 is 1.40 bits per heavy atom. The molecule has 26 nitrogen and oxygen atoms in total. The molecule has 1 aliphatic rings. The number of carboxylic acids is 1. The minimum absolute atomic E-state index is 0.0473. The number of azide groups is 1. The summed E-state index contributed by atoms with van der Waals surface area (Å²) in [5.74, 6) is -6.84. The lowest BCUT2D eigenvalue weighted by Gasteiger charge is -2.31. The van der Waals surface area contributed by atoms with Gasteiger partial charge >= 0.3 is 5.97 Å². The molecule has 3 aromatic rings. The number of carbonyl (C=O) groups is 8. The number of rotatable bonds is 30. The molecule has 0 spiro atoms. The van der Waals surface area contributed by atoms with Crippen LogP contribution >= 0.6 is 0 Å². The van der Waals surface area contributed by atoms with Crippen LogP contribution in [-0.2, 0) is 57.6 Å². The Balaban J connectivity index is 1.57. The zero-order valence-electron chi connectivity index (χ0n) is 42.6. The van der Waals surface area contributed by atoms with Gasteiger partial charge in [0.2, 0.25) is 41.4 Å². The fourth-order valence-corrected chi connectivity index (χ4v) is 8.30. The number of aromatic amines is 1. The molecule has 14 N–H and O–H groups in total. The van der Waals surface area contributed by atoms with Gasteiger partial charge in [0, 0.05) is 54.8 Å². The van der Waals surface area contributed by atoms with Crippen LogP contribution in [0.3, 0.4) is 0 Å². The summed E-state index contributed by atoms with van der Waals surface area (Å²) in [6, 6.07) is 3.37. The van der Waals surface area contributed by atoms with Crippen LogP contribution in [0.4, 0.5) is 5.69 Å². The van der Waals surface area contributed by atoms with Gasteiger partial charge in [0.05, 0.1) is 12.9 Å². The monoisotopic (exact) mass is 1040 g/mol. The Labute approximate surface area is 434 Å². The van der Waals surface area contributed by atoms with E-state index in [0.717, 1.165) is 0 Å². The van der Waals surface area contributed by atoms with Crippen LogP contribution in [0.15, 0.2) is 71.2 Å². The second kappa shape index (κ2) is 30.1. The number of aliphatic carboxylic acids is 1. The van der Waals surface area contributed by atoms with Crippen molar-refractivity contribution in [1.29, 1.82) is 0 Å². The minimum atomic E-state index is -1.38. The third-order valence-electron chi connectivity index (χ3n) is 12.3. The van der Waals surface area contributed by atoms with Gasteiger partial charge < -0.3 is 68.8 Å². The van der Waals surface area contributed by atoms with Crippen LogP contribution in [0.5, 0.6) is 5.75 Å². The van der Waals surface area contributed by atoms with Crippen molar-refractivity contribution in [3.63, 3.8) is 0 Å². The summed E-state index contributed by atoms with van der Waals surface area (Å²) in [5.41, 5.74) is 21.5. The molecular weight excluding hydrogens is 973 g/mol. The van der Waals surface area contributed by atoms with Gasteiger partial charge in [-0.15, -0.1) is 0 Å². The van der Waals surface area contributed by atoms with Gasteiger partial charge in [-0.1, -0.05) is 75.1 Å². The predicted octanol–water partition coefficient (Wildman–Crippen LogP) is 0.189. The molecule has 0 bridgehead atoms. The summed E-state index contributed by atoms with van der Waals surface area (Å²) in [4.78, 5) is 125. The molecule has 4 rings (SSSR count). The highest BCUT2D eigenvalue weighted by Gasteiger charge is 2.40. The van der Waals surface area contributed by atoms with Crippen LogP contribution < -0.4 is 48.7 Å². The number of phenols is 1. The highest BCUT2D eigenvalue weighted by atomic mass is 16.4. The van der Waals surface area contributed by atoms with Crippen LogP contribution in [0.25, 0.3) is 10.4 Å². The van der Waals surface area contributed by atoms with E-state index in [1.165, 1.54) is 41.7 Å². The Morgan fingerprint density at radius 1 is 0.800 bits per heavy atom. The lowest BCUT2D eigenvalue weighted by molar-refractivity contribution is -0.145. The van der Waals surface area contributed by atoms with Crippen molar-refractivity contribution in [2.24, 2.45) is 27.5 Å². The van der Waals surface area contributed by atoms with Crippen molar-refractivity contribution < 1.29 is 48.6 Å². The standard InChI is InChI=1S/C49H70N16O10/c1-5-6-9-35(42(68)60-37(24-32-25-54-27-56-32)47(73)65-21-8-11-39(65)45(71)61-38(48(74)75)23-29-12-16-31(17-13-29)63-64-52)58-44(70)36(22-30-14-18-33(66)19-15-30)59-46(72)41(28(2)3)62-43(69)34(57-40(67)26-53-4)10-7-20-55-49(50)51/h12-19,25,27-28,34-39,41,53,66H,5-11,20-24,26H2,1-4H3,(H,54,56)(H,57,67)(H,58,70)(H,59,72)(H,60,68)(H,61,71)(H,62,69)(H,74,75)(H4,50,51,55)/t34-,35-,36-,37-,38-,39-,41-/m0/s1. The third-order valence-corrected chi connectivity index (χ3v) is 12.3. The topological polar surface area (TPSA) is 406 Å². The van der Waals surface area contributed by atoms with Gasteiger partial charge in [-0.05, 0) is 73.9 Å². The fourth-order valence-electron chi connectivity index (χ4n) is 8.30. The van der Waals surface area contributed by atoms with Crippen LogP contribution in [0.1, 0.15) is 82.5 Å². The second-order valence-corrected chi connectivity index (χ2v) is 18.5. The molecule has 406 valence electrons. The Kier molecular flexibility index (Phi) is 23.8. The Morgan fingerprint density at radius 3 is 2.00 bits per heavy atom. The maximum atomic E-state index is 14.6. The molecule has 1 aromatic heterocycles. The largest absolute Gasteiger partial charge is 0.508 e. The van der Waals surface area contributed by atoms with Gasteiger partial charge in [-0.25, -0.2) is 9.78 Å². The number of likely N-dealkylation sites (N-methyl/N-ethyl adjacent to an activating group) is 1. The first-order valence-corrected chi connectivity index (χ1v) is 24.8. The van der Waals surface area contributed by atoms with E-state index in [4.69, 9.17) is 17.0 Å². The van der Waals surface area contributed by atoms with Crippen LogP contribution in [0.2, 0.25) is 0 Å². The smallest absolute Gasteiger partial charge is 0.326 e. The molecule has 1 aliphatic heterocycles. The quantitative estimate of drug-likeness (QED) is 0.0106. The number of carboxylic acid groups (broad SMARTS) is 1. The van der Waals surface area contributed by atoms with E-state index in [0.29, 0.717) is 48.2 Å². The molecule has 75 heavy (non-hydrogen) atoms. The van der Waals surface area contributed by atoms with E-state index < -0.39 is 95.5 Å². The van der Waals surface area contributed by atoms with Gasteiger partial charge in [0.1, 0.15) is 48.0 Å². The highest BCUT2D eigenvalue weighted by molar-refractivity contribution is 5.98. The first kappa shape index (κ1) is 59.3. The number of nitrogens with zero attached hydrogens (tertiary/aromatic N) is 6. The van der Waals surface area contributed by atoms with E-state index in [2.05, 4.69) is 62.2 Å². The van der Waals surface area contributed by atoms with E-state index in [1.807, 2.05) is 6.92 Å². The zero-order valence-corrected chi connectivity index (χ0v) is 42.6. The molecule has 26 heteroatoms. The molecule has 0 unspecified atom stereocenters. The van der Waals surface area contributed by atoms with E-state index in [-0.39, 0.29) is 69.9 Å². The number of guanidine groups is 1. The number of imidazole rings is 1. The number of H-pyrrole nitrogens is 1. The molecule has 0 saturated carbocycles. The number of aromatic nitrogens is 2. The Hall–Kier alpha value is -8.25. The number of nitrogens with one attached hydrogen (secondary N) is 8. The van der Waals surface area contributed by atoms with Crippen LogP contribution in [0, 0.1) is 5.92 Å². The van der Waals surface area contributed by atoms with E-state index >= 15 is 0 Å². The number of likely N-dealkylation sites (tertiary alicyclic amines) is 1. The second-order valence-electron chi connectivity index (χ2n) is 18.5. The third kappa shape index (κ3) is 19.3. The maximum Gasteiger partial charge on any atom is 0.326 e. The SMILES string of the molecule is CCCC[C@H](NC(=O)[C@H](Cc1ccc(O)cc1)NC(=O)[C@@H](NC(=O)[C@H](CCCN=C(N)N)NC(=O)CNC)C(C)C)C(=O)N[C@@H](Cc1cnc[nH]1)C(=O)N1CCC[C@H]1C(=O)N[C@@H](Cc1ccc(N=[N+]=[N-])cc1)C(=O)O. The van der Waals surface area contributed by atoms with E-state index in [9.17, 15) is 48.6 Å². The molecule has 2 heterocycles. The highest BCUT2D eigenvalue weighted by Crippen LogP contribution is 2.22. The normalized spacial score (nSPS) is 15.4. The van der Waals surface area contributed by atoms with Gasteiger partial charge in [-0.3, -0.25) is 38.6 Å². The lowest BCUT2D eigenvalue weighted by Crippen LogP contribution is -2.61. The number of carbonyl (C=O) groups excluding carboxylic acids is 7. The molecule has 0 aliphatic carbocycles. The van der Waals surface area contributed by atoms with Crippen molar-refractivity contribution in [3.8, 4) is 5.75 Å². The summed E-state index contributed by atoms with van der Waals surface area (Å²) >= 11 is 0. The summed E-state index contributed by atoms with van der Waals surface area (Å²) in [5, 5.41) is 42.6. The summed E-state index contributed by atoms with van der Waals surface area (Å²) < 4.78 is 0. The summed E-state index contributed by atoms with van der Waals surface area (Å²) in [6.07, 6.45) is 4.69. The molecule has 7 atom stereocenters. The van der Waals surface area contributed by atoms with Crippen molar-refractivity contribution in [2.75, 3.05) is 26.7 Å². The predicted molar refractivity (Wildman–Crippen MR) is 275 cm³/mol. The number of amides is 7. The molecule has 1 saturated heterocycles. The van der Waals surface area contributed by atoms with Gasteiger partial charge in [0.15, 0.2) is 5.96 Å². The molecular formula is C49H70N16O10. The first-order chi connectivity index (χ1) is 35.8. The summed E-state index contributed by atoms with van der Waals surface area (Å²) in [7, 11) is 1.56. The molecule has 7 amide bonds. The van der Waals surface area contributed by atoms with Gasteiger partial charge in [-0.2, -0.15) is 0 Å². The van der Waals surface area contributed by atoms with Gasteiger partial charge in [0.25, 0.3) is 0 Å². The number of nitrogens with two attached hydrogens (primary N) is 2. The number of aromatic hydroxyl groups is 1. The number of hydrogen-bond acceptors (Lipinski definition) is 13. The molecule has 1 fully saturated rings. The zero-order chi connectivity index (χ0) is 55.0. The van der Waals surface area contributed by atoms with Crippen molar-refractivity contribution in [1.82, 2.24) is 52.1 Å². The first-order valence-electron chi connectivity index (χ1n) is 24.8. The maximum absolute atomic E-state index is 14.6. The molecule has 2 aromatic carbocycles. The number of unbranched alkanes of at least 4 members (excludes halogenated alkanes) is 1. The lowest BCUT2D eigenvalue weighted by atomic mass is 9.99. The van der Waals surface area contributed by atoms with E-state index in [1.54, 1.807) is 45.2 Å². The number of aliphatic imine (C=N–C) groups is 1. The van der Waals surface area contributed by atoms with Crippen molar-refractivity contribution in [2.45, 2.75) is 127 Å². The average molecular weight is 1040 g/mol. The summed E-state index contributed by atoms with van der Waals surface area (Å²) in [6.45, 7) is 5.44. The van der Waals surface area contributed by atoms with Crippen LogP contribution in [-0.4, -0.2) is 147 Å². The number of phenolic OH excluding ortho intramolecular Hbond substituents is 1. The number of benzene rings is 2. The number of hydrogen-bond donors (Lipinski definition) is 12.